The third-order valence-electron chi connectivity index (χ3n) is 4.65. The van der Waals surface area contributed by atoms with E-state index in [0.29, 0.717) is 28.8 Å². The number of amides is 1. The molecule has 2 aromatic heterocycles. The fourth-order valence-corrected chi connectivity index (χ4v) is 3.54. The highest BCUT2D eigenvalue weighted by Crippen LogP contribution is 2.30. The first-order valence-corrected chi connectivity index (χ1v) is 8.77. The van der Waals surface area contributed by atoms with Crippen LogP contribution in [0.2, 0.25) is 5.15 Å². The number of likely N-dealkylation sites (tertiary alicyclic amines) is 1. The molecule has 0 bridgehead atoms. The van der Waals surface area contributed by atoms with Crippen molar-refractivity contribution in [3.8, 4) is 0 Å². The van der Waals surface area contributed by atoms with Crippen molar-refractivity contribution in [2.45, 2.75) is 25.7 Å². The first kappa shape index (κ1) is 16.1. The van der Waals surface area contributed by atoms with Crippen molar-refractivity contribution in [2.75, 3.05) is 13.1 Å². The molecule has 1 atom stereocenters. The SMILES string of the molecule is Cc1nc(Cl)ccc1C(=O)N1CCC[C@@H](c2nc3ccccc3o2)C1. The normalized spacial score (nSPS) is 17.8. The van der Waals surface area contributed by atoms with E-state index < -0.39 is 0 Å². The highest BCUT2D eigenvalue weighted by Gasteiger charge is 2.29. The molecule has 128 valence electrons. The maximum absolute atomic E-state index is 12.9. The second-order valence-electron chi connectivity index (χ2n) is 6.38. The fourth-order valence-electron chi connectivity index (χ4n) is 3.35. The van der Waals surface area contributed by atoms with Crippen LogP contribution >= 0.6 is 11.6 Å². The zero-order valence-electron chi connectivity index (χ0n) is 13.9. The Bertz CT molecular complexity index is 904. The summed E-state index contributed by atoms with van der Waals surface area (Å²) in [6.45, 7) is 3.15. The fraction of sp³-hybridized carbons (Fsp3) is 0.316. The predicted octanol–water partition coefficient (Wildman–Crippen LogP) is 4.20. The maximum atomic E-state index is 12.9. The lowest BCUT2D eigenvalue weighted by atomic mass is 9.97. The van der Waals surface area contributed by atoms with Crippen LogP contribution < -0.4 is 0 Å². The molecule has 1 fully saturated rings. The number of halogens is 1. The van der Waals surface area contributed by atoms with Gasteiger partial charge in [-0.3, -0.25) is 4.79 Å². The molecule has 3 aromatic rings. The molecule has 1 aliphatic heterocycles. The van der Waals surface area contributed by atoms with E-state index in [0.717, 1.165) is 30.5 Å². The molecule has 5 nitrogen and oxygen atoms in total. The summed E-state index contributed by atoms with van der Waals surface area (Å²) in [5.74, 6) is 0.817. The van der Waals surface area contributed by atoms with Gasteiger partial charge in [0.2, 0.25) is 0 Å². The monoisotopic (exact) mass is 355 g/mol. The molecular formula is C19H18ClN3O2. The van der Waals surface area contributed by atoms with Crippen LogP contribution in [0.25, 0.3) is 11.1 Å². The van der Waals surface area contributed by atoms with Crippen molar-refractivity contribution in [3.05, 3.63) is 58.7 Å². The van der Waals surface area contributed by atoms with Crippen molar-refractivity contribution < 1.29 is 9.21 Å². The summed E-state index contributed by atoms with van der Waals surface area (Å²) in [5, 5.41) is 0.400. The Labute approximate surface area is 150 Å². The van der Waals surface area contributed by atoms with Crippen molar-refractivity contribution in [1.82, 2.24) is 14.9 Å². The Morgan fingerprint density at radius 3 is 2.88 bits per heavy atom. The van der Waals surface area contributed by atoms with Crippen LogP contribution in [0, 0.1) is 6.92 Å². The molecular weight excluding hydrogens is 338 g/mol. The third-order valence-corrected chi connectivity index (χ3v) is 4.86. The predicted molar refractivity (Wildman–Crippen MR) is 95.9 cm³/mol. The standard InChI is InChI=1S/C19H18ClN3O2/c1-12-14(8-9-17(20)21-12)19(24)23-10-4-5-13(11-23)18-22-15-6-2-3-7-16(15)25-18/h2-3,6-9,13H,4-5,10-11H2,1H3/t13-/m1/s1. The summed E-state index contributed by atoms with van der Waals surface area (Å²) in [4.78, 5) is 23.5. The molecule has 0 spiro atoms. The Morgan fingerprint density at radius 1 is 1.24 bits per heavy atom. The first-order chi connectivity index (χ1) is 12.1. The number of pyridine rings is 1. The number of carbonyl (C=O) groups excluding carboxylic acids is 1. The largest absolute Gasteiger partial charge is 0.440 e. The third kappa shape index (κ3) is 3.12. The van der Waals surface area contributed by atoms with Gasteiger partial charge in [-0.25, -0.2) is 9.97 Å². The van der Waals surface area contributed by atoms with Gasteiger partial charge in [0.05, 0.1) is 17.2 Å². The smallest absolute Gasteiger partial charge is 0.255 e. The summed E-state index contributed by atoms with van der Waals surface area (Å²) in [6.07, 6.45) is 1.89. The van der Waals surface area contributed by atoms with Gasteiger partial charge >= 0.3 is 0 Å². The van der Waals surface area contributed by atoms with Gasteiger partial charge in [-0.15, -0.1) is 0 Å². The highest BCUT2D eigenvalue weighted by atomic mass is 35.5. The van der Waals surface area contributed by atoms with Crippen molar-refractivity contribution in [2.24, 2.45) is 0 Å². The molecule has 0 N–H and O–H groups in total. The number of hydrogen-bond acceptors (Lipinski definition) is 4. The summed E-state index contributed by atoms with van der Waals surface area (Å²) >= 11 is 5.89. The van der Waals surface area contributed by atoms with Gasteiger partial charge in [-0.05, 0) is 44.0 Å². The van der Waals surface area contributed by atoms with Gasteiger partial charge in [0.15, 0.2) is 11.5 Å². The topological polar surface area (TPSA) is 59.2 Å². The van der Waals surface area contributed by atoms with Gasteiger partial charge in [0, 0.05) is 13.1 Å². The number of fused-ring (bicyclic) bond motifs is 1. The van der Waals surface area contributed by atoms with E-state index in [-0.39, 0.29) is 11.8 Å². The Hall–Kier alpha value is -2.40. The minimum Gasteiger partial charge on any atom is -0.440 e. The van der Waals surface area contributed by atoms with Crippen molar-refractivity contribution in [3.63, 3.8) is 0 Å². The number of rotatable bonds is 2. The summed E-state index contributed by atoms with van der Waals surface area (Å²) < 4.78 is 5.90. The minimum absolute atomic E-state index is 0.0116. The second-order valence-corrected chi connectivity index (χ2v) is 6.76. The van der Waals surface area contributed by atoms with E-state index >= 15 is 0 Å². The molecule has 1 saturated heterocycles. The lowest BCUT2D eigenvalue weighted by Crippen LogP contribution is -2.39. The van der Waals surface area contributed by atoms with Crippen LogP contribution in [0.1, 0.15) is 40.7 Å². The number of aromatic nitrogens is 2. The number of nitrogens with zero attached hydrogens (tertiary/aromatic N) is 3. The first-order valence-electron chi connectivity index (χ1n) is 8.40. The molecule has 0 unspecified atom stereocenters. The molecule has 1 aliphatic rings. The van der Waals surface area contributed by atoms with E-state index in [9.17, 15) is 4.79 Å². The molecule has 1 aromatic carbocycles. The Balaban J connectivity index is 1.57. The molecule has 0 aliphatic carbocycles. The molecule has 4 rings (SSSR count). The van der Waals surface area contributed by atoms with Gasteiger partial charge in [-0.2, -0.15) is 0 Å². The van der Waals surface area contributed by atoms with Gasteiger partial charge < -0.3 is 9.32 Å². The van der Waals surface area contributed by atoms with E-state index in [1.54, 1.807) is 19.1 Å². The van der Waals surface area contributed by atoms with Crippen molar-refractivity contribution >= 4 is 28.6 Å². The quantitative estimate of drug-likeness (QED) is 0.646. The zero-order valence-corrected chi connectivity index (χ0v) is 14.7. The van der Waals surface area contributed by atoms with E-state index in [2.05, 4.69) is 9.97 Å². The van der Waals surface area contributed by atoms with Crippen LogP contribution in [0.3, 0.4) is 0 Å². The van der Waals surface area contributed by atoms with Crippen LogP contribution in [-0.4, -0.2) is 33.9 Å². The average Bonchev–Trinajstić information content (AvgIpc) is 3.05. The molecule has 25 heavy (non-hydrogen) atoms. The average molecular weight is 356 g/mol. The lowest BCUT2D eigenvalue weighted by molar-refractivity contribution is 0.0697. The molecule has 1 amide bonds. The van der Waals surface area contributed by atoms with Gasteiger partial charge in [0.1, 0.15) is 10.7 Å². The van der Waals surface area contributed by atoms with Crippen LogP contribution in [0.4, 0.5) is 0 Å². The summed E-state index contributed by atoms with van der Waals surface area (Å²) in [6, 6.07) is 11.1. The number of benzene rings is 1. The Kier molecular flexibility index (Phi) is 4.17. The molecule has 6 heteroatoms. The minimum atomic E-state index is -0.0116. The number of carbonyl (C=O) groups is 1. The molecule has 3 heterocycles. The number of aryl methyl sites for hydroxylation is 1. The zero-order chi connectivity index (χ0) is 17.4. The summed E-state index contributed by atoms with van der Waals surface area (Å²) in [7, 11) is 0. The van der Waals surface area contributed by atoms with E-state index in [4.69, 9.17) is 16.0 Å². The Morgan fingerprint density at radius 2 is 2.08 bits per heavy atom. The number of oxazole rings is 1. The van der Waals surface area contributed by atoms with Crippen LogP contribution in [0.15, 0.2) is 40.8 Å². The van der Waals surface area contributed by atoms with Gasteiger partial charge in [0.25, 0.3) is 5.91 Å². The highest BCUT2D eigenvalue weighted by molar-refractivity contribution is 6.29. The maximum Gasteiger partial charge on any atom is 0.255 e. The number of para-hydroxylation sites is 2. The van der Waals surface area contributed by atoms with Crippen molar-refractivity contribution in [1.29, 1.82) is 0 Å². The van der Waals surface area contributed by atoms with E-state index in [1.165, 1.54) is 0 Å². The molecule has 0 radical (unpaired) electrons. The van der Waals surface area contributed by atoms with Gasteiger partial charge in [-0.1, -0.05) is 23.7 Å². The number of hydrogen-bond donors (Lipinski definition) is 0. The lowest BCUT2D eigenvalue weighted by Gasteiger charge is -2.31. The second kappa shape index (κ2) is 6.48. The number of piperidine rings is 1. The van der Waals surface area contributed by atoms with E-state index in [1.807, 2.05) is 29.2 Å². The summed E-state index contributed by atoms with van der Waals surface area (Å²) in [5.41, 5.74) is 2.90. The van der Waals surface area contributed by atoms with Crippen LogP contribution in [-0.2, 0) is 0 Å². The molecule has 0 saturated carbocycles. The van der Waals surface area contributed by atoms with Crippen LogP contribution in [0.5, 0.6) is 0 Å².